The molecule has 94 valence electrons. The molecule has 18 heavy (non-hydrogen) atoms. The SMILES string of the molecule is Nc1cccc(OCCc2cccs2)c1C(=O)O. The van der Waals surface area contributed by atoms with Crippen LogP contribution in [0.3, 0.4) is 0 Å². The van der Waals surface area contributed by atoms with Gasteiger partial charge < -0.3 is 15.6 Å². The molecule has 0 radical (unpaired) electrons. The van der Waals surface area contributed by atoms with E-state index in [0.29, 0.717) is 12.4 Å². The normalized spacial score (nSPS) is 10.2. The Morgan fingerprint density at radius 1 is 1.33 bits per heavy atom. The highest BCUT2D eigenvalue weighted by atomic mass is 32.1. The van der Waals surface area contributed by atoms with Crippen LogP contribution < -0.4 is 10.5 Å². The van der Waals surface area contributed by atoms with E-state index >= 15 is 0 Å². The number of ether oxygens (including phenoxy) is 1. The molecule has 0 saturated carbocycles. The van der Waals surface area contributed by atoms with E-state index in [1.165, 1.54) is 4.88 Å². The van der Waals surface area contributed by atoms with Gasteiger partial charge in [-0.25, -0.2) is 4.79 Å². The summed E-state index contributed by atoms with van der Waals surface area (Å²) in [6.45, 7) is 0.435. The van der Waals surface area contributed by atoms with E-state index < -0.39 is 5.97 Å². The first-order valence-electron chi connectivity index (χ1n) is 5.45. The van der Waals surface area contributed by atoms with E-state index in [1.807, 2.05) is 17.5 Å². The Hall–Kier alpha value is -2.01. The third-order valence-corrected chi connectivity index (χ3v) is 3.39. The van der Waals surface area contributed by atoms with Crippen LogP contribution in [0.1, 0.15) is 15.2 Å². The van der Waals surface area contributed by atoms with Crippen molar-refractivity contribution < 1.29 is 14.6 Å². The summed E-state index contributed by atoms with van der Waals surface area (Å²) in [4.78, 5) is 12.3. The fourth-order valence-electron chi connectivity index (χ4n) is 1.61. The minimum atomic E-state index is -1.07. The van der Waals surface area contributed by atoms with Gasteiger partial charge in [0, 0.05) is 17.0 Å². The minimum absolute atomic E-state index is 0.0312. The lowest BCUT2D eigenvalue weighted by Crippen LogP contribution is -2.08. The molecule has 1 heterocycles. The lowest BCUT2D eigenvalue weighted by molar-refractivity contribution is 0.0693. The van der Waals surface area contributed by atoms with Gasteiger partial charge in [-0.3, -0.25) is 0 Å². The molecule has 0 saturated heterocycles. The summed E-state index contributed by atoms with van der Waals surface area (Å²) in [6, 6.07) is 8.85. The number of carboxylic acids is 1. The molecule has 0 aliphatic rings. The molecule has 0 amide bonds. The number of rotatable bonds is 5. The maximum absolute atomic E-state index is 11.1. The molecule has 3 N–H and O–H groups in total. The third kappa shape index (κ3) is 2.81. The molecule has 5 heteroatoms. The van der Waals surface area contributed by atoms with Crippen molar-refractivity contribution in [2.24, 2.45) is 0 Å². The van der Waals surface area contributed by atoms with Gasteiger partial charge in [-0.05, 0) is 23.6 Å². The van der Waals surface area contributed by atoms with Gasteiger partial charge in [0.1, 0.15) is 11.3 Å². The van der Waals surface area contributed by atoms with E-state index in [2.05, 4.69) is 0 Å². The highest BCUT2D eigenvalue weighted by Gasteiger charge is 2.14. The van der Waals surface area contributed by atoms with Crippen molar-refractivity contribution in [3.05, 3.63) is 46.2 Å². The van der Waals surface area contributed by atoms with Crippen molar-refractivity contribution in [3.8, 4) is 5.75 Å². The van der Waals surface area contributed by atoms with Crippen molar-refractivity contribution in [1.82, 2.24) is 0 Å². The van der Waals surface area contributed by atoms with Gasteiger partial charge in [0.05, 0.1) is 6.61 Å². The first-order valence-corrected chi connectivity index (χ1v) is 6.33. The summed E-state index contributed by atoms with van der Waals surface area (Å²) < 4.78 is 5.50. The van der Waals surface area contributed by atoms with Crippen LogP contribution in [-0.4, -0.2) is 17.7 Å². The number of thiophene rings is 1. The molecule has 0 spiro atoms. The molecule has 0 fully saturated rings. The summed E-state index contributed by atoms with van der Waals surface area (Å²) in [5.41, 5.74) is 5.88. The maximum atomic E-state index is 11.1. The molecule has 0 unspecified atom stereocenters. The molecule has 0 aliphatic heterocycles. The van der Waals surface area contributed by atoms with Crippen molar-refractivity contribution >= 4 is 23.0 Å². The quantitative estimate of drug-likeness (QED) is 0.813. The zero-order valence-corrected chi connectivity index (χ0v) is 10.4. The Morgan fingerprint density at radius 2 is 2.17 bits per heavy atom. The van der Waals surface area contributed by atoms with Gasteiger partial charge in [-0.15, -0.1) is 11.3 Å². The summed E-state index contributed by atoms with van der Waals surface area (Å²) in [5.74, 6) is -0.752. The van der Waals surface area contributed by atoms with E-state index in [-0.39, 0.29) is 11.3 Å². The number of aromatic carboxylic acids is 1. The van der Waals surface area contributed by atoms with Gasteiger partial charge >= 0.3 is 5.97 Å². The second kappa shape index (κ2) is 5.55. The number of carboxylic acid groups (broad SMARTS) is 1. The fourth-order valence-corrected chi connectivity index (χ4v) is 2.30. The molecule has 0 aliphatic carbocycles. The van der Waals surface area contributed by atoms with E-state index in [4.69, 9.17) is 15.6 Å². The molecule has 2 rings (SSSR count). The molecule has 0 atom stereocenters. The number of carbonyl (C=O) groups is 1. The lowest BCUT2D eigenvalue weighted by Gasteiger charge is -2.10. The molecule has 4 nitrogen and oxygen atoms in total. The molecule has 1 aromatic heterocycles. The van der Waals surface area contributed by atoms with Gasteiger partial charge in [0.2, 0.25) is 0 Å². The van der Waals surface area contributed by atoms with Crippen molar-refractivity contribution in [3.63, 3.8) is 0 Å². The van der Waals surface area contributed by atoms with Crippen LogP contribution in [0.5, 0.6) is 5.75 Å². The highest BCUT2D eigenvalue weighted by Crippen LogP contribution is 2.24. The number of hydrogen-bond acceptors (Lipinski definition) is 4. The van der Waals surface area contributed by atoms with Crippen molar-refractivity contribution in [2.75, 3.05) is 12.3 Å². The summed E-state index contributed by atoms with van der Waals surface area (Å²) in [7, 11) is 0. The predicted molar refractivity (Wildman–Crippen MR) is 71.3 cm³/mol. The Labute approximate surface area is 109 Å². The van der Waals surface area contributed by atoms with Crippen LogP contribution in [0.15, 0.2) is 35.7 Å². The van der Waals surface area contributed by atoms with Crippen LogP contribution in [0.25, 0.3) is 0 Å². The van der Waals surface area contributed by atoms with Crippen molar-refractivity contribution in [2.45, 2.75) is 6.42 Å². The van der Waals surface area contributed by atoms with Crippen LogP contribution in [0.2, 0.25) is 0 Å². The van der Waals surface area contributed by atoms with Crippen LogP contribution in [-0.2, 0) is 6.42 Å². The first kappa shape index (κ1) is 12.4. The topological polar surface area (TPSA) is 72.5 Å². The van der Waals surface area contributed by atoms with Gasteiger partial charge in [0.15, 0.2) is 0 Å². The number of anilines is 1. The second-order valence-electron chi connectivity index (χ2n) is 3.70. The van der Waals surface area contributed by atoms with Crippen LogP contribution in [0, 0.1) is 0 Å². The lowest BCUT2D eigenvalue weighted by atomic mass is 10.1. The largest absolute Gasteiger partial charge is 0.492 e. The zero-order valence-electron chi connectivity index (χ0n) is 9.63. The molecule has 1 aromatic carbocycles. The number of nitrogen functional groups attached to an aromatic ring is 1. The highest BCUT2D eigenvalue weighted by molar-refractivity contribution is 7.09. The van der Waals surface area contributed by atoms with E-state index in [1.54, 1.807) is 29.5 Å². The van der Waals surface area contributed by atoms with E-state index in [9.17, 15) is 4.79 Å². The van der Waals surface area contributed by atoms with Crippen LogP contribution >= 0.6 is 11.3 Å². The van der Waals surface area contributed by atoms with E-state index in [0.717, 1.165) is 6.42 Å². The van der Waals surface area contributed by atoms with Gasteiger partial charge in [-0.1, -0.05) is 12.1 Å². The van der Waals surface area contributed by atoms with Crippen molar-refractivity contribution in [1.29, 1.82) is 0 Å². The average molecular weight is 263 g/mol. The smallest absolute Gasteiger partial charge is 0.341 e. The molecular weight excluding hydrogens is 250 g/mol. The average Bonchev–Trinajstić information content (AvgIpc) is 2.81. The third-order valence-electron chi connectivity index (χ3n) is 2.46. The Morgan fingerprint density at radius 3 is 2.83 bits per heavy atom. The number of nitrogens with two attached hydrogens (primary N) is 1. The summed E-state index contributed by atoms with van der Waals surface area (Å²) in [5, 5.41) is 11.1. The summed E-state index contributed by atoms with van der Waals surface area (Å²) >= 11 is 1.65. The monoisotopic (exact) mass is 263 g/mol. The molecular formula is C13H13NO3S. The Balaban J connectivity index is 2.05. The first-order chi connectivity index (χ1) is 8.68. The predicted octanol–water partition coefficient (Wildman–Crippen LogP) is 2.65. The standard InChI is InChI=1S/C13H13NO3S/c14-10-4-1-5-11(12(10)13(15)16)17-7-6-9-3-2-8-18-9/h1-5,8H,6-7,14H2,(H,15,16). The number of benzene rings is 1. The second-order valence-corrected chi connectivity index (χ2v) is 4.74. The fraction of sp³-hybridized carbons (Fsp3) is 0.154. The zero-order chi connectivity index (χ0) is 13.0. The van der Waals surface area contributed by atoms with Gasteiger partial charge in [0.25, 0.3) is 0 Å². The summed E-state index contributed by atoms with van der Waals surface area (Å²) in [6.07, 6.45) is 0.755. The van der Waals surface area contributed by atoms with Gasteiger partial charge in [-0.2, -0.15) is 0 Å². The maximum Gasteiger partial charge on any atom is 0.341 e. The Bertz CT molecular complexity index is 537. The minimum Gasteiger partial charge on any atom is -0.492 e. The Kier molecular flexibility index (Phi) is 3.84. The van der Waals surface area contributed by atoms with Crippen LogP contribution in [0.4, 0.5) is 5.69 Å². The molecule has 2 aromatic rings. The number of hydrogen-bond donors (Lipinski definition) is 2. The molecule has 0 bridgehead atoms.